The lowest BCUT2D eigenvalue weighted by atomic mass is 9.12. The van der Waals surface area contributed by atoms with Gasteiger partial charge in [-0.25, -0.2) is 110 Å². The van der Waals surface area contributed by atoms with Crippen LogP contribution in [0.25, 0.3) is 0 Å². The molecule has 5 aromatic carbocycles. The Hall–Kier alpha value is -5.24. The van der Waals surface area contributed by atoms with Gasteiger partial charge >= 0.3 is 0 Å². The van der Waals surface area contributed by atoms with Crippen LogP contribution in [0.4, 0.5) is 110 Å². The van der Waals surface area contributed by atoms with Crippen molar-refractivity contribution in [3.8, 4) is 0 Å². The third-order valence-electron chi connectivity index (χ3n) is 8.44. The predicted molar refractivity (Wildman–Crippen MR) is 158 cm³/mol. The van der Waals surface area contributed by atoms with Crippen LogP contribution in [-0.2, 0) is 16.6 Å². The topological polar surface area (TPSA) is 0 Å². The van der Waals surface area contributed by atoms with Crippen LogP contribution in [0, 0.1) is 145 Å². The molecule has 0 fully saturated rings. The summed E-state index contributed by atoms with van der Waals surface area (Å²) in [4.78, 5) is 0. The van der Waals surface area contributed by atoms with Gasteiger partial charge in [0.1, 0.15) is 58.4 Å². The second kappa shape index (κ2) is 16.7. The highest BCUT2D eigenvalue weighted by Gasteiger charge is 2.52. The minimum atomic E-state index is -7.22. The lowest BCUT2D eigenvalue weighted by Crippen LogP contribution is -2.81. The van der Waals surface area contributed by atoms with Gasteiger partial charge in [0, 0.05) is 0 Å². The van der Waals surface area contributed by atoms with Gasteiger partial charge in [0.2, 0.25) is 5.82 Å². The standard InChI is InChI=1S/C24BF20.C9H8F5S/c26-5-1(6(27)14(35)21(42)13(5)34)25(2-7(28)15(36)22(43)16(37)8(2)29,3-9(30)17(38)23(44)18(39)10(3)31)4-11(32)19(40)24(45)20(41)12(4)33;1-15(2)3-4-5(10)7(12)9(14)8(13)6(4)11/h;3H2,1-2H3/q-1;+1. The third-order valence-corrected chi connectivity index (χ3v) is 9.31. The Balaban J connectivity index is 0.000000445. The Kier molecular flexibility index (Phi) is 13.2. The average molecular weight is 922 g/mol. The molecule has 5 rings (SSSR count). The Bertz CT molecular complexity index is 2200. The van der Waals surface area contributed by atoms with Gasteiger partial charge in [-0.05, 0) is 10.9 Å². The van der Waals surface area contributed by atoms with E-state index in [0.717, 1.165) is 0 Å². The molecule has 0 amide bonds. The molecule has 0 N–H and O–H groups in total. The van der Waals surface area contributed by atoms with Crippen molar-refractivity contribution in [2.75, 3.05) is 12.5 Å². The summed E-state index contributed by atoms with van der Waals surface area (Å²) in [5, 5.41) is 0. The highest BCUT2D eigenvalue weighted by atomic mass is 32.2. The van der Waals surface area contributed by atoms with E-state index in [1.807, 2.05) is 0 Å². The van der Waals surface area contributed by atoms with E-state index in [0.29, 0.717) is 0 Å². The van der Waals surface area contributed by atoms with Gasteiger partial charge in [-0.3, -0.25) is 0 Å². The van der Waals surface area contributed by atoms with E-state index < -0.39 is 190 Å². The van der Waals surface area contributed by atoms with Crippen molar-refractivity contribution >= 4 is 38.9 Å². The first kappa shape index (κ1) is 47.4. The van der Waals surface area contributed by atoms with Gasteiger partial charge in [-0.15, -0.1) is 21.9 Å². The van der Waals surface area contributed by atoms with Gasteiger partial charge in [-0.2, -0.15) is 0 Å². The molecular formula is C33H8BF25S. The summed E-state index contributed by atoms with van der Waals surface area (Å²) in [5.74, 6) is -80.9. The number of rotatable bonds is 6. The molecule has 0 heterocycles. The number of halogens is 25. The molecule has 0 unspecified atom stereocenters. The molecule has 0 aliphatic rings. The Labute approximate surface area is 318 Å². The van der Waals surface area contributed by atoms with Crippen LogP contribution in [0.5, 0.6) is 0 Å². The first-order valence-electron chi connectivity index (χ1n) is 14.8. The van der Waals surface area contributed by atoms with Crippen LogP contribution in [0.2, 0.25) is 0 Å². The van der Waals surface area contributed by atoms with E-state index in [2.05, 4.69) is 0 Å². The van der Waals surface area contributed by atoms with E-state index >= 15 is 35.1 Å². The highest BCUT2D eigenvalue weighted by Crippen LogP contribution is 2.31. The van der Waals surface area contributed by atoms with Crippen molar-refractivity contribution in [1.29, 1.82) is 0 Å². The normalized spacial score (nSPS) is 11.8. The number of hydrogen-bond acceptors (Lipinski definition) is 0. The number of benzene rings is 5. The molecule has 0 aliphatic carbocycles. The second-order valence-corrected chi connectivity index (χ2v) is 14.2. The largest absolute Gasteiger partial charge is 0.207 e. The zero-order valence-corrected chi connectivity index (χ0v) is 29.0. The van der Waals surface area contributed by atoms with Crippen LogP contribution in [0.15, 0.2) is 0 Å². The maximum Gasteiger partial charge on any atom is 0.200 e. The van der Waals surface area contributed by atoms with Crippen LogP contribution in [-0.4, -0.2) is 18.7 Å². The maximum absolute atomic E-state index is 15.4. The van der Waals surface area contributed by atoms with Crippen molar-refractivity contribution in [2.24, 2.45) is 0 Å². The summed E-state index contributed by atoms with van der Waals surface area (Å²) in [7, 11) is -0.446. The molecule has 0 nitrogen and oxygen atoms in total. The molecule has 0 aromatic heterocycles. The molecule has 324 valence electrons. The predicted octanol–water partition coefficient (Wildman–Crippen LogP) is 8.61. The molecule has 0 spiro atoms. The first-order chi connectivity index (χ1) is 27.6. The van der Waals surface area contributed by atoms with Crippen molar-refractivity contribution in [3.63, 3.8) is 0 Å². The fourth-order valence-electron chi connectivity index (χ4n) is 5.94. The van der Waals surface area contributed by atoms with Crippen molar-refractivity contribution in [3.05, 3.63) is 151 Å². The summed E-state index contributed by atoms with van der Waals surface area (Å²) < 4.78 is 358. The quantitative estimate of drug-likeness (QED) is 0.0527. The van der Waals surface area contributed by atoms with E-state index in [1.54, 1.807) is 12.5 Å². The fourth-order valence-corrected chi connectivity index (χ4v) is 6.77. The minimum absolute atomic E-state index is 0.161. The third kappa shape index (κ3) is 6.94. The summed E-state index contributed by atoms with van der Waals surface area (Å²) in [6.45, 7) is 0. The smallest absolute Gasteiger partial charge is 0.200 e. The molecule has 60 heavy (non-hydrogen) atoms. The maximum atomic E-state index is 15.4. The Morgan fingerprint density at radius 3 is 0.517 bits per heavy atom. The average Bonchev–Trinajstić information content (AvgIpc) is 3.20. The van der Waals surface area contributed by atoms with Crippen molar-refractivity contribution in [2.45, 2.75) is 5.75 Å². The van der Waals surface area contributed by atoms with Crippen molar-refractivity contribution in [1.82, 2.24) is 0 Å². The fraction of sp³-hybridized carbons (Fsp3) is 0.0909. The highest BCUT2D eigenvalue weighted by molar-refractivity contribution is 7.94. The number of hydrogen-bond donors (Lipinski definition) is 0. The molecule has 0 radical (unpaired) electrons. The molecule has 0 bridgehead atoms. The van der Waals surface area contributed by atoms with Gasteiger partial charge in [0.05, 0.1) is 18.1 Å². The van der Waals surface area contributed by atoms with Gasteiger partial charge in [0.25, 0.3) is 0 Å². The molecule has 5 aromatic rings. The van der Waals surface area contributed by atoms with Gasteiger partial charge in [-0.1, -0.05) is 0 Å². The van der Waals surface area contributed by atoms with E-state index in [1.165, 1.54) is 0 Å². The lowest BCUT2D eigenvalue weighted by molar-refractivity contribution is 0.372. The summed E-state index contributed by atoms with van der Waals surface area (Å²) in [6, 6.07) is 0. The Morgan fingerprint density at radius 1 is 0.233 bits per heavy atom. The Morgan fingerprint density at radius 2 is 0.367 bits per heavy atom. The monoisotopic (exact) mass is 922 g/mol. The molecule has 27 heteroatoms. The SMILES string of the molecule is C[S+](C)Cc1c(F)c(F)c(F)c(F)c1F.Fc1c(F)c(F)c([B-](c2c(F)c(F)c(F)c(F)c2F)(c2c(F)c(F)c(F)c(F)c2F)c2c(F)c(F)c(F)c(F)c2F)c(F)c1F. The van der Waals surface area contributed by atoms with Gasteiger partial charge < -0.3 is 0 Å². The molecular weight excluding hydrogens is 914 g/mol. The van der Waals surface area contributed by atoms with E-state index in [-0.39, 0.29) is 5.75 Å². The lowest BCUT2D eigenvalue weighted by Gasteiger charge is -2.44. The summed E-state index contributed by atoms with van der Waals surface area (Å²) in [6.07, 6.45) is -3.92. The van der Waals surface area contributed by atoms with Crippen LogP contribution < -0.4 is 21.9 Å². The summed E-state index contributed by atoms with van der Waals surface area (Å²) >= 11 is 0. The summed E-state index contributed by atoms with van der Waals surface area (Å²) in [5.41, 5.74) is -15.1. The zero-order valence-electron chi connectivity index (χ0n) is 28.1. The van der Waals surface area contributed by atoms with Crippen molar-refractivity contribution < 1.29 is 110 Å². The minimum Gasteiger partial charge on any atom is -0.207 e. The van der Waals surface area contributed by atoms with Gasteiger partial charge in [0.15, 0.2) is 93.1 Å². The zero-order chi connectivity index (χ0) is 46.1. The second-order valence-electron chi connectivity index (χ2n) is 12.0. The molecule has 0 saturated heterocycles. The van der Waals surface area contributed by atoms with Crippen LogP contribution in [0.1, 0.15) is 5.56 Å². The van der Waals surface area contributed by atoms with Crippen LogP contribution in [0.3, 0.4) is 0 Å². The molecule has 0 saturated carbocycles. The van der Waals surface area contributed by atoms with E-state index in [4.69, 9.17) is 0 Å². The molecule has 0 atom stereocenters. The first-order valence-corrected chi connectivity index (χ1v) is 17.0. The van der Waals surface area contributed by atoms with Crippen LogP contribution >= 0.6 is 0 Å². The molecule has 0 aliphatic heterocycles. The van der Waals surface area contributed by atoms with E-state index in [9.17, 15) is 74.6 Å².